The average molecular weight is 291 g/mol. The lowest BCUT2D eigenvalue weighted by atomic mass is 10.2. The molecule has 0 radical (unpaired) electrons. The van der Waals surface area contributed by atoms with Gasteiger partial charge in [-0.2, -0.15) is 0 Å². The van der Waals surface area contributed by atoms with Crippen molar-refractivity contribution >= 4 is 39.1 Å². The molecule has 0 aliphatic heterocycles. The molecule has 0 atom stereocenters. The first-order valence-electron chi connectivity index (χ1n) is 4.88. The normalized spacial score (nSPS) is 10.1. The van der Waals surface area contributed by atoms with Gasteiger partial charge < -0.3 is 5.32 Å². The van der Waals surface area contributed by atoms with Crippen molar-refractivity contribution in [1.29, 1.82) is 0 Å². The van der Waals surface area contributed by atoms with Gasteiger partial charge in [0.1, 0.15) is 0 Å². The summed E-state index contributed by atoms with van der Waals surface area (Å²) in [6.07, 6.45) is 2.46. The van der Waals surface area contributed by atoms with Crippen LogP contribution in [0, 0.1) is 0 Å². The maximum absolute atomic E-state index is 11.4. The maximum atomic E-state index is 11.4. The molecular formula is C11H13BrClNO. The van der Waals surface area contributed by atoms with Gasteiger partial charge in [-0.3, -0.25) is 4.79 Å². The molecule has 4 heteroatoms. The van der Waals surface area contributed by atoms with Gasteiger partial charge in [0.25, 0.3) is 0 Å². The van der Waals surface area contributed by atoms with E-state index < -0.39 is 0 Å². The van der Waals surface area contributed by atoms with E-state index >= 15 is 0 Å². The number of halogens is 2. The van der Waals surface area contributed by atoms with Crippen LogP contribution in [-0.4, -0.2) is 5.91 Å². The van der Waals surface area contributed by atoms with Crippen LogP contribution >= 0.6 is 27.5 Å². The first-order valence-corrected chi connectivity index (χ1v) is 6.05. The third-order valence-electron chi connectivity index (χ3n) is 1.96. The molecule has 0 saturated heterocycles. The van der Waals surface area contributed by atoms with E-state index in [1.165, 1.54) is 0 Å². The van der Waals surface area contributed by atoms with Crippen LogP contribution in [0.1, 0.15) is 26.2 Å². The highest BCUT2D eigenvalue weighted by atomic mass is 79.9. The molecule has 0 spiro atoms. The van der Waals surface area contributed by atoms with Crippen molar-refractivity contribution in [1.82, 2.24) is 0 Å². The summed E-state index contributed by atoms with van der Waals surface area (Å²) < 4.78 is 0.902. The second kappa shape index (κ2) is 6.13. The van der Waals surface area contributed by atoms with Gasteiger partial charge in [-0.05, 0) is 24.6 Å². The Labute approximate surface area is 103 Å². The summed E-state index contributed by atoms with van der Waals surface area (Å²) in [7, 11) is 0. The number of hydrogen-bond acceptors (Lipinski definition) is 1. The summed E-state index contributed by atoms with van der Waals surface area (Å²) in [5, 5.41) is 3.33. The van der Waals surface area contributed by atoms with Crippen LogP contribution in [0.25, 0.3) is 0 Å². The number of carbonyl (C=O) groups is 1. The van der Waals surface area contributed by atoms with E-state index in [0.717, 1.165) is 17.3 Å². The van der Waals surface area contributed by atoms with Gasteiger partial charge in [0, 0.05) is 10.9 Å². The van der Waals surface area contributed by atoms with E-state index in [1.54, 1.807) is 12.1 Å². The first-order chi connectivity index (χ1) is 7.13. The Kier molecular flexibility index (Phi) is 5.12. The third-order valence-corrected chi connectivity index (χ3v) is 2.77. The number of rotatable bonds is 4. The molecule has 0 aliphatic carbocycles. The molecule has 82 valence electrons. The quantitative estimate of drug-likeness (QED) is 0.883. The fourth-order valence-electron chi connectivity index (χ4n) is 1.14. The van der Waals surface area contributed by atoms with Gasteiger partial charge in [0.15, 0.2) is 0 Å². The van der Waals surface area contributed by atoms with Crippen molar-refractivity contribution in [3.63, 3.8) is 0 Å². The number of unbranched alkanes of at least 4 members (excludes halogenated alkanes) is 1. The summed E-state index contributed by atoms with van der Waals surface area (Å²) in [5.74, 6) is 0.0149. The molecule has 0 unspecified atom stereocenters. The van der Waals surface area contributed by atoms with Crippen LogP contribution in [-0.2, 0) is 4.79 Å². The monoisotopic (exact) mass is 289 g/mol. The Morgan fingerprint density at radius 2 is 2.27 bits per heavy atom. The standard InChI is InChI=1S/C11H13BrClNO/c1-2-3-4-11(15)14-10-6-5-8(12)7-9(10)13/h5-7H,2-4H2,1H3,(H,14,15). The average Bonchev–Trinajstić information content (AvgIpc) is 2.19. The number of carbonyl (C=O) groups excluding carboxylic acids is 1. The van der Waals surface area contributed by atoms with E-state index in [4.69, 9.17) is 11.6 Å². The van der Waals surface area contributed by atoms with Gasteiger partial charge in [-0.25, -0.2) is 0 Å². The summed E-state index contributed by atoms with van der Waals surface area (Å²) in [6.45, 7) is 2.06. The SMILES string of the molecule is CCCCC(=O)Nc1ccc(Br)cc1Cl. The third kappa shape index (κ3) is 4.22. The smallest absolute Gasteiger partial charge is 0.224 e. The number of benzene rings is 1. The Morgan fingerprint density at radius 1 is 1.53 bits per heavy atom. The van der Waals surface area contributed by atoms with Gasteiger partial charge in [0.05, 0.1) is 10.7 Å². The lowest BCUT2D eigenvalue weighted by Crippen LogP contribution is -2.11. The second-order valence-corrected chi connectivity index (χ2v) is 4.60. The lowest BCUT2D eigenvalue weighted by Gasteiger charge is -2.06. The number of anilines is 1. The van der Waals surface area contributed by atoms with Crippen LogP contribution in [0.2, 0.25) is 5.02 Å². The minimum Gasteiger partial charge on any atom is -0.325 e. The van der Waals surface area contributed by atoms with Crippen LogP contribution < -0.4 is 5.32 Å². The topological polar surface area (TPSA) is 29.1 Å². The maximum Gasteiger partial charge on any atom is 0.224 e. The van der Waals surface area contributed by atoms with Gasteiger partial charge in [-0.1, -0.05) is 40.9 Å². The Morgan fingerprint density at radius 3 is 2.87 bits per heavy atom. The second-order valence-electron chi connectivity index (χ2n) is 3.28. The van der Waals surface area contributed by atoms with Gasteiger partial charge >= 0.3 is 0 Å². The molecule has 15 heavy (non-hydrogen) atoms. The zero-order chi connectivity index (χ0) is 11.3. The van der Waals surface area contributed by atoms with Crippen molar-refractivity contribution in [2.75, 3.05) is 5.32 Å². The van der Waals surface area contributed by atoms with Crippen molar-refractivity contribution in [3.05, 3.63) is 27.7 Å². The summed E-state index contributed by atoms with van der Waals surface area (Å²) >= 11 is 9.27. The number of nitrogens with one attached hydrogen (secondary N) is 1. The molecule has 0 heterocycles. The zero-order valence-electron chi connectivity index (χ0n) is 8.52. The number of hydrogen-bond donors (Lipinski definition) is 1. The van der Waals surface area contributed by atoms with Crippen LogP contribution in [0.4, 0.5) is 5.69 Å². The van der Waals surface area contributed by atoms with E-state index in [0.29, 0.717) is 17.1 Å². The highest BCUT2D eigenvalue weighted by Crippen LogP contribution is 2.25. The molecule has 1 N–H and O–H groups in total. The van der Waals surface area contributed by atoms with E-state index in [-0.39, 0.29) is 5.91 Å². The molecule has 1 aromatic rings. The minimum absolute atomic E-state index is 0.0149. The minimum atomic E-state index is 0.0149. The molecule has 2 nitrogen and oxygen atoms in total. The van der Waals surface area contributed by atoms with Gasteiger partial charge in [0.2, 0.25) is 5.91 Å². The van der Waals surface area contributed by atoms with Gasteiger partial charge in [-0.15, -0.1) is 0 Å². The molecule has 0 fully saturated rings. The lowest BCUT2D eigenvalue weighted by molar-refractivity contribution is -0.116. The molecular weight excluding hydrogens is 277 g/mol. The predicted octanol–water partition coefficient (Wildman–Crippen LogP) is 4.23. The molecule has 0 aromatic heterocycles. The molecule has 0 bridgehead atoms. The molecule has 1 amide bonds. The first kappa shape index (κ1) is 12.5. The van der Waals surface area contributed by atoms with Crippen molar-refractivity contribution in [2.24, 2.45) is 0 Å². The van der Waals surface area contributed by atoms with E-state index in [2.05, 4.69) is 28.2 Å². The van der Waals surface area contributed by atoms with E-state index in [9.17, 15) is 4.79 Å². The van der Waals surface area contributed by atoms with Crippen molar-refractivity contribution < 1.29 is 4.79 Å². The fraction of sp³-hybridized carbons (Fsp3) is 0.364. The largest absolute Gasteiger partial charge is 0.325 e. The highest BCUT2D eigenvalue weighted by molar-refractivity contribution is 9.10. The summed E-state index contributed by atoms with van der Waals surface area (Å²) in [6, 6.07) is 5.40. The van der Waals surface area contributed by atoms with Crippen LogP contribution in [0.5, 0.6) is 0 Å². The summed E-state index contributed by atoms with van der Waals surface area (Å²) in [4.78, 5) is 11.4. The molecule has 0 saturated carbocycles. The van der Waals surface area contributed by atoms with E-state index in [1.807, 2.05) is 6.07 Å². The Balaban J connectivity index is 2.60. The Hall–Kier alpha value is -0.540. The summed E-state index contributed by atoms with van der Waals surface area (Å²) in [5.41, 5.74) is 0.668. The zero-order valence-corrected chi connectivity index (χ0v) is 10.9. The molecule has 0 aliphatic rings. The number of amides is 1. The van der Waals surface area contributed by atoms with Crippen molar-refractivity contribution in [3.8, 4) is 0 Å². The molecule has 1 rings (SSSR count). The van der Waals surface area contributed by atoms with Crippen molar-refractivity contribution in [2.45, 2.75) is 26.2 Å². The molecule has 1 aromatic carbocycles. The van der Waals surface area contributed by atoms with Crippen LogP contribution in [0.3, 0.4) is 0 Å². The van der Waals surface area contributed by atoms with Crippen LogP contribution in [0.15, 0.2) is 22.7 Å². The predicted molar refractivity (Wildman–Crippen MR) is 67.3 cm³/mol. The Bertz CT molecular complexity index is 354. The highest BCUT2D eigenvalue weighted by Gasteiger charge is 2.05. The fourth-order valence-corrected chi connectivity index (χ4v) is 1.86.